The van der Waals surface area contributed by atoms with E-state index in [2.05, 4.69) is 4.74 Å². The Morgan fingerprint density at radius 3 is 1.60 bits per heavy atom. The van der Waals surface area contributed by atoms with Crippen LogP contribution >= 0.6 is 0 Å². The van der Waals surface area contributed by atoms with Crippen molar-refractivity contribution in [3.63, 3.8) is 0 Å². The van der Waals surface area contributed by atoms with E-state index in [1.165, 1.54) is 0 Å². The first-order valence-corrected chi connectivity index (χ1v) is 3.67. The molecule has 0 unspecified atom stereocenters. The molecule has 0 amide bonds. The van der Waals surface area contributed by atoms with Gasteiger partial charge in [-0.15, -0.1) is 0 Å². The Kier molecular flexibility index (Phi) is 4.01. The number of hydrogen-bond donors (Lipinski definition) is 0. The molecule has 15 heavy (non-hydrogen) atoms. The van der Waals surface area contributed by atoms with Gasteiger partial charge >= 0.3 is 18.2 Å². The van der Waals surface area contributed by atoms with Crippen molar-refractivity contribution in [2.45, 2.75) is 32.1 Å². The topological polar surface area (TPSA) is 9.23 Å². The minimum atomic E-state index is -6.11. The van der Waals surface area contributed by atoms with Crippen molar-refractivity contribution < 1.29 is 35.5 Å². The summed E-state index contributed by atoms with van der Waals surface area (Å²) in [7, 11) is 0. The summed E-state index contributed by atoms with van der Waals surface area (Å²) < 4.78 is 87.4. The van der Waals surface area contributed by atoms with Crippen LogP contribution in [0.4, 0.5) is 30.7 Å². The van der Waals surface area contributed by atoms with Gasteiger partial charge in [-0.3, -0.25) is 0 Å². The SMILES string of the molecule is CC(C)OC(=C(F)F)C(F)(F)C(F)(F)F. The number of hydrogen-bond acceptors (Lipinski definition) is 1. The van der Waals surface area contributed by atoms with E-state index in [0.29, 0.717) is 0 Å². The van der Waals surface area contributed by atoms with Gasteiger partial charge in [0.25, 0.3) is 0 Å². The van der Waals surface area contributed by atoms with Crippen LogP contribution in [0.3, 0.4) is 0 Å². The molecule has 0 aliphatic heterocycles. The van der Waals surface area contributed by atoms with Gasteiger partial charge < -0.3 is 4.74 Å². The van der Waals surface area contributed by atoms with Gasteiger partial charge in [-0.1, -0.05) is 0 Å². The van der Waals surface area contributed by atoms with Crippen LogP contribution in [0, 0.1) is 0 Å². The van der Waals surface area contributed by atoms with E-state index in [1.807, 2.05) is 0 Å². The third-order valence-corrected chi connectivity index (χ3v) is 1.17. The molecule has 0 saturated carbocycles. The number of halogens is 7. The maximum Gasteiger partial charge on any atom is 0.461 e. The second-order valence-corrected chi connectivity index (χ2v) is 2.83. The molecule has 0 aromatic heterocycles. The lowest BCUT2D eigenvalue weighted by molar-refractivity contribution is -0.280. The molecular formula is C7H7F7O. The quantitative estimate of drug-likeness (QED) is 0.539. The minimum Gasteiger partial charge on any atom is -0.484 e. The smallest absolute Gasteiger partial charge is 0.461 e. The van der Waals surface area contributed by atoms with Crippen LogP contribution in [0.15, 0.2) is 11.8 Å². The van der Waals surface area contributed by atoms with Crippen molar-refractivity contribution >= 4 is 0 Å². The number of ether oxygens (including phenoxy) is 1. The highest BCUT2D eigenvalue weighted by Crippen LogP contribution is 2.43. The third-order valence-electron chi connectivity index (χ3n) is 1.17. The predicted octanol–water partition coefficient (Wildman–Crippen LogP) is 3.72. The van der Waals surface area contributed by atoms with Gasteiger partial charge in [0.15, 0.2) is 0 Å². The fourth-order valence-corrected chi connectivity index (χ4v) is 0.602. The van der Waals surface area contributed by atoms with Crippen molar-refractivity contribution in [1.82, 2.24) is 0 Å². The van der Waals surface area contributed by atoms with E-state index in [0.717, 1.165) is 13.8 Å². The summed E-state index contributed by atoms with van der Waals surface area (Å²) in [5.41, 5.74) is 0. The number of rotatable bonds is 3. The van der Waals surface area contributed by atoms with Gasteiger partial charge in [0.2, 0.25) is 5.76 Å². The summed E-state index contributed by atoms with van der Waals surface area (Å²) in [4.78, 5) is 0. The molecule has 0 heterocycles. The first-order valence-electron chi connectivity index (χ1n) is 3.67. The van der Waals surface area contributed by atoms with Gasteiger partial charge in [0, 0.05) is 0 Å². The Labute approximate surface area is 80.5 Å². The Balaban J connectivity index is 5.21. The highest BCUT2D eigenvalue weighted by Gasteiger charge is 2.63. The zero-order valence-corrected chi connectivity index (χ0v) is 7.63. The van der Waals surface area contributed by atoms with Crippen LogP contribution in [-0.2, 0) is 4.74 Å². The van der Waals surface area contributed by atoms with Crippen molar-refractivity contribution in [1.29, 1.82) is 0 Å². The fraction of sp³-hybridized carbons (Fsp3) is 0.714. The molecule has 0 atom stereocenters. The van der Waals surface area contributed by atoms with Crippen molar-refractivity contribution in [3.05, 3.63) is 11.8 Å². The summed E-state index contributed by atoms with van der Waals surface area (Å²) in [6.45, 7) is 2.10. The van der Waals surface area contributed by atoms with Crippen LogP contribution in [0.2, 0.25) is 0 Å². The summed E-state index contributed by atoms with van der Waals surface area (Å²) in [6, 6.07) is 0. The number of allylic oxidation sites excluding steroid dienone is 1. The van der Waals surface area contributed by atoms with Crippen LogP contribution in [0.5, 0.6) is 0 Å². The van der Waals surface area contributed by atoms with Crippen molar-refractivity contribution in [2.24, 2.45) is 0 Å². The van der Waals surface area contributed by atoms with Crippen LogP contribution in [-0.4, -0.2) is 18.2 Å². The molecule has 8 heteroatoms. The lowest BCUT2D eigenvalue weighted by atomic mass is 10.2. The zero-order valence-electron chi connectivity index (χ0n) is 7.63. The summed E-state index contributed by atoms with van der Waals surface area (Å²) in [5, 5.41) is 0. The van der Waals surface area contributed by atoms with E-state index < -0.39 is 30.0 Å². The van der Waals surface area contributed by atoms with Crippen molar-refractivity contribution in [2.75, 3.05) is 0 Å². The number of alkyl halides is 5. The van der Waals surface area contributed by atoms with E-state index in [4.69, 9.17) is 0 Å². The van der Waals surface area contributed by atoms with Crippen LogP contribution < -0.4 is 0 Å². The largest absolute Gasteiger partial charge is 0.484 e. The molecule has 0 aromatic carbocycles. The average molecular weight is 240 g/mol. The predicted molar refractivity (Wildman–Crippen MR) is 36.5 cm³/mol. The van der Waals surface area contributed by atoms with Gasteiger partial charge in [-0.05, 0) is 13.8 Å². The first-order chi connectivity index (χ1) is 6.50. The maximum atomic E-state index is 12.4. The standard InChI is InChI=1S/C7H7F7O/c1-3(2)15-4(5(8)9)6(10,11)7(12,13)14/h3H,1-2H3. The lowest BCUT2D eigenvalue weighted by Crippen LogP contribution is -2.40. The monoisotopic (exact) mass is 240 g/mol. The summed E-state index contributed by atoms with van der Waals surface area (Å²) >= 11 is 0. The molecule has 0 aliphatic carbocycles. The highest BCUT2D eigenvalue weighted by molar-refractivity contribution is 5.09. The lowest BCUT2D eigenvalue weighted by Gasteiger charge is -2.23. The van der Waals surface area contributed by atoms with Gasteiger partial charge in [-0.2, -0.15) is 30.7 Å². The van der Waals surface area contributed by atoms with E-state index in [9.17, 15) is 30.7 Å². The molecule has 0 spiro atoms. The van der Waals surface area contributed by atoms with Crippen LogP contribution in [0.1, 0.15) is 13.8 Å². The molecule has 0 rings (SSSR count). The second kappa shape index (κ2) is 4.28. The van der Waals surface area contributed by atoms with Crippen LogP contribution in [0.25, 0.3) is 0 Å². The van der Waals surface area contributed by atoms with Gasteiger partial charge in [0.05, 0.1) is 6.10 Å². The van der Waals surface area contributed by atoms with E-state index in [1.54, 1.807) is 0 Å². The maximum absolute atomic E-state index is 12.4. The Morgan fingerprint density at radius 1 is 1.00 bits per heavy atom. The van der Waals surface area contributed by atoms with E-state index in [-0.39, 0.29) is 0 Å². The van der Waals surface area contributed by atoms with Gasteiger partial charge in [-0.25, -0.2) is 0 Å². The molecule has 0 saturated heterocycles. The zero-order chi connectivity index (χ0) is 12.4. The summed E-state index contributed by atoms with van der Waals surface area (Å²) in [6.07, 6.45) is -10.5. The second-order valence-electron chi connectivity index (χ2n) is 2.83. The molecule has 0 aliphatic rings. The molecule has 1 nitrogen and oxygen atoms in total. The van der Waals surface area contributed by atoms with Crippen molar-refractivity contribution in [3.8, 4) is 0 Å². The Morgan fingerprint density at radius 2 is 1.40 bits per heavy atom. The molecular weight excluding hydrogens is 233 g/mol. The Bertz CT molecular complexity index is 249. The third kappa shape index (κ3) is 3.28. The molecule has 0 bridgehead atoms. The Hall–Kier alpha value is -0.950. The first kappa shape index (κ1) is 14.0. The normalized spacial score (nSPS) is 12.9. The van der Waals surface area contributed by atoms with Gasteiger partial charge in [0.1, 0.15) is 0 Å². The molecule has 0 radical (unpaired) electrons. The molecule has 0 fully saturated rings. The summed E-state index contributed by atoms with van der Waals surface area (Å²) in [5.74, 6) is -8.33. The fourth-order valence-electron chi connectivity index (χ4n) is 0.602. The highest BCUT2D eigenvalue weighted by atomic mass is 19.4. The molecule has 90 valence electrons. The van der Waals surface area contributed by atoms with E-state index >= 15 is 0 Å². The average Bonchev–Trinajstić information content (AvgIpc) is 1.96. The minimum absolute atomic E-state index is 1.05. The molecule has 0 N–H and O–H groups in total. The molecule has 0 aromatic rings.